The van der Waals surface area contributed by atoms with E-state index in [0.29, 0.717) is 12.0 Å². The first kappa shape index (κ1) is 32.2. The number of amides is 2. The Bertz CT molecular complexity index is 1530. The summed E-state index contributed by atoms with van der Waals surface area (Å²) in [6.45, 7) is 4.19. The molecule has 224 valence electrons. The fourth-order valence-corrected chi connectivity index (χ4v) is 5.28. The predicted octanol–water partition coefficient (Wildman–Crippen LogP) is 4.36. The number of sulfonamides is 1. The Balaban J connectivity index is 2.12. The summed E-state index contributed by atoms with van der Waals surface area (Å²) in [5, 5.41) is 14.3. The molecule has 0 aliphatic heterocycles. The van der Waals surface area contributed by atoms with Crippen LogP contribution in [-0.2, 0) is 32.6 Å². The van der Waals surface area contributed by atoms with Gasteiger partial charge in [0.15, 0.2) is 0 Å². The van der Waals surface area contributed by atoms with Gasteiger partial charge in [0, 0.05) is 36.7 Å². The number of carbonyl (C=O) groups is 2. The van der Waals surface area contributed by atoms with Crippen LogP contribution in [0.2, 0.25) is 0 Å². The molecule has 10 nitrogen and oxygen atoms in total. The number of hydrogen-bond donors (Lipinski definition) is 1. The fourth-order valence-electron chi connectivity index (χ4n) is 4.38. The third-order valence-corrected chi connectivity index (χ3v) is 8.05. The minimum atomic E-state index is -4.13. The van der Waals surface area contributed by atoms with Crippen LogP contribution in [0.1, 0.15) is 37.0 Å². The van der Waals surface area contributed by atoms with Crippen molar-refractivity contribution >= 4 is 33.2 Å². The molecular weight excluding hydrogens is 563 g/mol. The molecule has 1 N–H and O–H groups in total. The molecule has 0 aliphatic carbocycles. The highest BCUT2D eigenvalue weighted by Crippen LogP contribution is 2.28. The minimum absolute atomic E-state index is 0.0467. The van der Waals surface area contributed by atoms with Crippen LogP contribution in [0.15, 0.2) is 72.8 Å². The molecular formula is C30H35FN4O6S. The number of anilines is 1. The van der Waals surface area contributed by atoms with Gasteiger partial charge in [0.1, 0.15) is 18.4 Å². The van der Waals surface area contributed by atoms with Crippen molar-refractivity contribution in [3.05, 3.63) is 105 Å². The lowest BCUT2D eigenvalue weighted by molar-refractivity contribution is -0.384. The van der Waals surface area contributed by atoms with Crippen molar-refractivity contribution in [2.24, 2.45) is 0 Å². The van der Waals surface area contributed by atoms with E-state index in [1.165, 1.54) is 35.2 Å². The van der Waals surface area contributed by atoms with E-state index < -0.39 is 45.2 Å². The number of rotatable bonds is 13. The largest absolute Gasteiger partial charge is 0.352 e. The molecule has 0 heterocycles. The summed E-state index contributed by atoms with van der Waals surface area (Å²) in [5.74, 6) is -1.85. The van der Waals surface area contributed by atoms with E-state index in [1.807, 2.05) is 19.9 Å². The predicted molar refractivity (Wildman–Crippen MR) is 159 cm³/mol. The Hall–Kier alpha value is -4.32. The van der Waals surface area contributed by atoms with Crippen molar-refractivity contribution in [3.63, 3.8) is 0 Å². The Labute approximate surface area is 245 Å². The Morgan fingerprint density at radius 2 is 1.69 bits per heavy atom. The van der Waals surface area contributed by atoms with E-state index >= 15 is 0 Å². The van der Waals surface area contributed by atoms with Crippen LogP contribution in [-0.4, -0.2) is 54.9 Å². The Morgan fingerprint density at radius 3 is 2.29 bits per heavy atom. The van der Waals surface area contributed by atoms with E-state index in [4.69, 9.17) is 0 Å². The summed E-state index contributed by atoms with van der Waals surface area (Å²) in [7, 11) is -4.13. The summed E-state index contributed by atoms with van der Waals surface area (Å²) < 4.78 is 41.5. The zero-order chi connectivity index (χ0) is 31.0. The monoisotopic (exact) mass is 598 g/mol. The standard InChI is InChI=1S/C30H35FN4O6S/c1-5-22(3)32-30(37)28(17-23-11-7-6-8-12-23)33(19-24-13-9-10-14-26(24)31)29(36)20-34(42(4,40)41)27-18-25(35(38)39)16-15-21(27)2/h6-16,18,22,28H,5,17,19-20H2,1-4H3,(H,32,37)/t22-,28-/m0/s1. The normalized spacial score (nSPS) is 12.7. The number of halogens is 1. The molecule has 2 atom stereocenters. The van der Waals surface area contributed by atoms with Crippen molar-refractivity contribution in [1.82, 2.24) is 10.2 Å². The SMILES string of the molecule is CC[C@H](C)NC(=O)[C@H](Cc1ccccc1)N(Cc1ccccc1F)C(=O)CN(c1cc([N+](=O)[O-])ccc1C)S(C)(=O)=O. The summed E-state index contributed by atoms with van der Waals surface area (Å²) in [5.41, 5.74) is 0.861. The lowest BCUT2D eigenvalue weighted by Crippen LogP contribution is -2.54. The van der Waals surface area contributed by atoms with Crippen molar-refractivity contribution in [3.8, 4) is 0 Å². The highest BCUT2D eigenvalue weighted by atomic mass is 32.2. The molecule has 2 amide bonds. The average Bonchev–Trinajstić information content (AvgIpc) is 2.94. The van der Waals surface area contributed by atoms with Gasteiger partial charge in [0.25, 0.3) is 5.69 Å². The summed E-state index contributed by atoms with van der Waals surface area (Å²) >= 11 is 0. The Kier molecular flexibility index (Phi) is 10.8. The zero-order valence-corrected chi connectivity index (χ0v) is 24.8. The van der Waals surface area contributed by atoms with Crippen LogP contribution in [0.4, 0.5) is 15.8 Å². The van der Waals surface area contributed by atoms with Gasteiger partial charge in [-0.1, -0.05) is 61.5 Å². The van der Waals surface area contributed by atoms with Gasteiger partial charge in [-0.3, -0.25) is 24.0 Å². The van der Waals surface area contributed by atoms with E-state index in [1.54, 1.807) is 37.3 Å². The molecule has 12 heteroatoms. The maximum absolute atomic E-state index is 14.9. The maximum atomic E-state index is 14.9. The number of nitro benzene ring substituents is 1. The van der Waals surface area contributed by atoms with Crippen LogP contribution in [0.5, 0.6) is 0 Å². The molecule has 0 unspecified atom stereocenters. The zero-order valence-electron chi connectivity index (χ0n) is 24.0. The van der Waals surface area contributed by atoms with Gasteiger partial charge in [0.05, 0.1) is 16.9 Å². The number of benzene rings is 3. The molecule has 0 bridgehead atoms. The molecule has 0 aliphatic rings. The summed E-state index contributed by atoms with van der Waals surface area (Å²) in [4.78, 5) is 39.7. The van der Waals surface area contributed by atoms with Gasteiger partial charge >= 0.3 is 0 Å². The van der Waals surface area contributed by atoms with Crippen LogP contribution in [0, 0.1) is 22.9 Å². The number of hydrogen-bond acceptors (Lipinski definition) is 6. The smallest absolute Gasteiger partial charge is 0.271 e. The third-order valence-electron chi connectivity index (χ3n) is 6.92. The van der Waals surface area contributed by atoms with Gasteiger partial charge in [0.2, 0.25) is 21.8 Å². The first-order valence-electron chi connectivity index (χ1n) is 13.4. The number of nitro groups is 1. The maximum Gasteiger partial charge on any atom is 0.271 e. The van der Waals surface area contributed by atoms with Crippen molar-refractivity contribution < 1.29 is 27.3 Å². The number of non-ortho nitro benzene ring substituents is 1. The molecule has 0 spiro atoms. The second kappa shape index (κ2) is 14.0. The second-order valence-electron chi connectivity index (χ2n) is 10.1. The van der Waals surface area contributed by atoms with Gasteiger partial charge in [-0.05, 0) is 37.5 Å². The van der Waals surface area contributed by atoms with Crippen molar-refractivity contribution in [2.75, 3.05) is 17.1 Å². The lowest BCUT2D eigenvalue weighted by atomic mass is 10.0. The van der Waals surface area contributed by atoms with E-state index in [0.717, 1.165) is 22.2 Å². The van der Waals surface area contributed by atoms with Gasteiger partial charge in [-0.2, -0.15) is 0 Å². The fraction of sp³-hybridized carbons (Fsp3) is 0.333. The summed E-state index contributed by atoms with van der Waals surface area (Å²) in [6, 6.07) is 17.2. The van der Waals surface area contributed by atoms with Crippen LogP contribution >= 0.6 is 0 Å². The third kappa shape index (κ3) is 8.35. The van der Waals surface area contributed by atoms with E-state index in [2.05, 4.69) is 5.32 Å². The van der Waals surface area contributed by atoms with Gasteiger partial charge < -0.3 is 10.2 Å². The molecule has 3 aromatic rings. The number of nitrogens with one attached hydrogen (secondary N) is 1. The molecule has 0 saturated carbocycles. The summed E-state index contributed by atoms with van der Waals surface area (Å²) in [6.07, 6.45) is 1.59. The van der Waals surface area contributed by atoms with Crippen molar-refractivity contribution in [2.45, 2.75) is 52.2 Å². The minimum Gasteiger partial charge on any atom is -0.352 e. The molecule has 0 aromatic heterocycles. The number of aryl methyl sites for hydroxylation is 1. The quantitative estimate of drug-likeness (QED) is 0.230. The van der Waals surface area contributed by atoms with E-state index in [9.17, 15) is 32.5 Å². The highest BCUT2D eigenvalue weighted by molar-refractivity contribution is 7.92. The molecule has 0 radical (unpaired) electrons. The lowest BCUT2D eigenvalue weighted by Gasteiger charge is -2.34. The Morgan fingerprint density at radius 1 is 1.05 bits per heavy atom. The first-order valence-corrected chi connectivity index (χ1v) is 15.3. The highest BCUT2D eigenvalue weighted by Gasteiger charge is 2.34. The molecule has 3 aromatic carbocycles. The first-order chi connectivity index (χ1) is 19.8. The van der Waals surface area contributed by atoms with Crippen LogP contribution < -0.4 is 9.62 Å². The van der Waals surface area contributed by atoms with Crippen LogP contribution in [0.3, 0.4) is 0 Å². The van der Waals surface area contributed by atoms with Gasteiger partial charge in [-0.15, -0.1) is 0 Å². The molecule has 0 saturated heterocycles. The van der Waals surface area contributed by atoms with Gasteiger partial charge in [-0.25, -0.2) is 12.8 Å². The molecule has 3 rings (SSSR count). The number of carbonyl (C=O) groups excluding carboxylic acids is 2. The van der Waals surface area contributed by atoms with Crippen molar-refractivity contribution in [1.29, 1.82) is 0 Å². The second-order valence-corrected chi connectivity index (χ2v) is 12.0. The molecule has 0 fully saturated rings. The number of nitrogens with zero attached hydrogens (tertiary/aromatic N) is 3. The topological polar surface area (TPSA) is 130 Å². The molecule has 42 heavy (non-hydrogen) atoms. The van der Waals surface area contributed by atoms with E-state index in [-0.39, 0.29) is 35.9 Å². The average molecular weight is 599 g/mol. The van der Waals surface area contributed by atoms with Crippen LogP contribution in [0.25, 0.3) is 0 Å².